The fourth-order valence-corrected chi connectivity index (χ4v) is 6.50. The van der Waals surface area contributed by atoms with Gasteiger partial charge in [-0.05, 0) is 76.0 Å². The molecular formula is C22H31N5O3S. The summed E-state index contributed by atoms with van der Waals surface area (Å²) in [5.74, 6) is 2.03. The van der Waals surface area contributed by atoms with Crippen molar-refractivity contribution in [2.45, 2.75) is 69.7 Å². The van der Waals surface area contributed by atoms with Crippen LogP contribution in [0, 0.1) is 34.5 Å². The first-order chi connectivity index (χ1) is 14.6. The number of nitrogens with zero attached hydrogens (tertiary/aromatic N) is 3. The molecule has 9 heteroatoms. The Morgan fingerprint density at radius 3 is 2.61 bits per heavy atom. The summed E-state index contributed by atoms with van der Waals surface area (Å²) >= 11 is -1.31. The highest BCUT2D eigenvalue weighted by atomic mass is 32.2. The molecule has 3 unspecified atom stereocenters. The van der Waals surface area contributed by atoms with E-state index in [1.165, 1.54) is 12.5 Å². The van der Waals surface area contributed by atoms with Gasteiger partial charge in [0.25, 0.3) is 0 Å². The highest BCUT2D eigenvalue weighted by Crippen LogP contribution is 2.60. The first-order valence-corrected chi connectivity index (χ1v) is 12.5. The van der Waals surface area contributed by atoms with E-state index in [0.717, 1.165) is 38.6 Å². The van der Waals surface area contributed by atoms with Gasteiger partial charge in [-0.3, -0.25) is 0 Å². The maximum atomic E-state index is 12.4. The summed E-state index contributed by atoms with van der Waals surface area (Å²) in [5.41, 5.74) is -0.00681. The molecular weight excluding hydrogens is 414 g/mol. The van der Waals surface area contributed by atoms with Crippen LogP contribution >= 0.6 is 0 Å². The molecule has 0 radical (unpaired) electrons. The molecule has 1 amide bonds. The van der Waals surface area contributed by atoms with Crippen LogP contribution < -0.4 is 10.6 Å². The quantitative estimate of drug-likeness (QED) is 0.527. The second kappa shape index (κ2) is 8.14. The van der Waals surface area contributed by atoms with Crippen LogP contribution in [-0.4, -0.2) is 45.1 Å². The lowest BCUT2D eigenvalue weighted by molar-refractivity contribution is -0.0703. The molecule has 31 heavy (non-hydrogen) atoms. The maximum Gasteiger partial charge on any atom is 0.407 e. The van der Waals surface area contributed by atoms with Crippen molar-refractivity contribution in [1.82, 2.24) is 15.3 Å². The zero-order chi connectivity index (χ0) is 22.4. The minimum absolute atomic E-state index is 0.131. The van der Waals surface area contributed by atoms with Crippen LogP contribution in [0.1, 0.15) is 58.4 Å². The molecule has 1 aromatic rings. The molecule has 1 heterocycles. The second-order valence-electron chi connectivity index (χ2n) is 10.5. The molecule has 4 fully saturated rings. The van der Waals surface area contributed by atoms with Crippen molar-refractivity contribution in [3.8, 4) is 6.07 Å². The molecule has 0 spiro atoms. The van der Waals surface area contributed by atoms with Gasteiger partial charge < -0.3 is 19.9 Å². The van der Waals surface area contributed by atoms with Crippen molar-refractivity contribution in [3.63, 3.8) is 0 Å². The lowest BCUT2D eigenvalue weighted by Crippen LogP contribution is -2.60. The molecule has 5 rings (SSSR count). The van der Waals surface area contributed by atoms with Gasteiger partial charge in [0.1, 0.15) is 23.5 Å². The van der Waals surface area contributed by atoms with Crippen LogP contribution in [0.5, 0.6) is 0 Å². The lowest BCUT2D eigenvalue weighted by atomic mass is 9.48. The third kappa shape index (κ3) is 4.75. The van der Waals surface area contributed by atoms with Gasteiger partial charge in [0.05, 0.1) is 6.20 Å². The van der Waals surface area contributed by atoms with Crippen molar-refractivity contribution in [2.75, 3.05) is 18.1 Å². The van der Waals surface area contributed by atoms with Crippen LogP contribution in [0.4, 0.5) is 10.6 Å². The maximum absolute atomic E-state index is 12.4. The van der Waals surface area contributed by atoms with E-state index in [9.17, 15) is 14.6 Å². The van der Waals surface area contributed by atoms with Crippen molar-refractivity contribution in [3.05, 3.63) is 11.8 Å². The third-order valence-electron chi connectivity index (χ3n) is 6.86. The van der Waals surface area contributed by atoms with E-state index < -0.39 is 16.8 Å². The number of hydrogen-bond acceptors (Lipinski definition) is 7. The van der Waals surface area contributed by atoms with Crippen molar-refractivity contribution in [2.24, 2.45) is 23.2 Å². The van der Waals surface area contributed by atoms with Crippen molar-refractivity contribution in [1.29, 1.82) is 5.26 Å². The zero-order valence-electron chi connectivity index (χ0n) is 18.6. The molecule has 0 saturated heterocycles. The summed E-state index contributed by atoms with van der Waals surface area (Å²) < 4.78 is 17.3. The minimum Gasteiger partial charge on any atom is -0.609 e. The number of hydrogen-bond donors (Lipinski definition) is 2. The van der Waals surface area contributed by atoms with Gasteiger partial charge in [-0.1, -0.05) is 0 Å². The number of anilines is 1. The summed E-state index contributed by atoms with van der Waals surface area (Å²) in [6, 6.07) is 2.29. The van der Waals surface area contributed by atoms with Crippen molar-refractivity contribution < 1.29 is 14.1 Å². The van der Waals surface area contributed by atoms with E-state index in [0.29, 0.717) is 29.1 Å². The summed E-state index contributed by atoms with van der Waals surface area (Å²) in [4.78, 5) is 20.7. The first kappa shape index (κ1) is 22.2. The molecule has 2 N–H and O–H groups in total. The van der Waals surface area contributed by atoms with E-state index in [2.05, 4.69) is 26.7 Å². The average Bonchev–Trinajstić information content (AvgIpc) is 2.67. The number of aromatic nitrogens is 2. The number of amides is 1. The van der Waals surface area contributed by atoms with Crippen LogP contribution in [0.25, 0.3) is 0 Å². The predicted molar refractivity (Wildman–Crippen MR) is 117 cm³/mol. The average molecular weight is 446 g/mol. The molecule has 0 aromatic carbocycles. The van der Waals surface area contributed by atoms with E-state index in [4.69, 9.17) is 4.74 Å². The molecule has 0 aliphatic heterocycles. The number of carbonyl (C=O) groups excluding carboxylic acids is 1. The molecule has 4 aliphatic carbocycles. The Labute approximate surface area is 186 Å². The van der Waals surface area contributed by atoms with Gasteiger partial charge in [0.2, 0.25) is 0 Å². The Balaban J connectivity index is 1.45. The normalized spacial score (nSPS) is 32.3. The number of ether oxygens (including phenoxy) is 1. The SMILES string of the molecule is C[S+]([O-])c1ncc(C#N)c(NCC23CC4CC(C2)C(NC(=O)OC(C)(C)C)C(C4)C3)n1. The number of alkyl carbamates (subject to hydrolysis) is 1. The largest absolute Gasteiger partial charge is 0.609 e. The molecule has 3 atom stereocenters. The van der Waals surface area contributed by atoms with Crippen LogP contribution in [-0.2, 0) is 15.9 Å². The highest BCUT2D eigenvalue weighted by molar-refractivity contribution is 7.90. The Hall–Kier alpha value is -2.05. The predicted octanol–water partition coefficient (Wildman–Crippen LogP) is 3.22. The van der Waals surface area contributed by atoms with Crippen LogP contribution in [0.15, 0.2) is 11.4 Å². The standard InChI is InChI=1S/C22H31N5O3S/c1-21(2,3)30-20(28)26-17-14-5-13-6-15(17)9-22(7-13,8-14)12-25-18-16(10-23)11-24-19(27-18)31(4)29/h11,13-15,17H,5-9,12H2,1-4H3,(H,26,28)(H,24,25,27). The lowest BCUT2D eigenvalue weighted by Gasteiger charge is -2.60. The van der Waals surface area contributed by atoms with Gasteiger partial charge in [0.15, 0.2) is 5.82 Å². The van der Waals surface area contributed by atoms with Crippen molar-refractivity contribution >= 4 is 23.1 Å². The van der Waals surface area contributed by atoms with Gasteiger partial charge in [-0.2, -0.15) is 15.2 Å². The third-order valence-corrected chi connectivity index (χ3v) is 7.57. The number of nitriles is 1. The Kier molecular flexibility index (Phi) is 5.81. The fraction of sp³-hybridized carbons (Fsp3) is 0.727. The minimum atomic E-state index is -1.31. The van der Waals surface area contributed by atoms with Gasteiger partial charge in [-0.25, -0.2) is 4.79 Å². The van der Waals surface area contributed by atoms with Crippen LogP contribution in [0.2, 0.25) is 0 Å². The van der Waals surface area contributed by atoms with Gasteiger partial charge >= 0.3 is 11.2 Å². The molecule has 4 saturated carbocycles. The summed E-state index contributed by atoms with van der Waals surface area (Å²) in [6.07, 6.45) is 8.17. The number of nitrogens with one attached hydrogen (secondary N) is 2. The van der Waals surface area contributed by atoms with E-state index >= 15 is 0 Å². The molecule has 168 valence electrons. The van der Waals surface area contributed by atoms with E-state index in [1.54, 1.807) is 0 Å². The fourth-order valence-electron chi connectivity index (χ4n) is 6.08. The number of carbonyl (C=O) groups is 1. The van der Waals surface area contributed by atoms with E-state index in [-0.39, 0.29) is 22.7 Å². The van der Waals surface area contributed by atoms with Gasteiger partial charge in [-0.15, -0.1) is 0 Å². The van der Waals surface area contributed by atoms with E-state index in [1.807, 2.05) is 20.8 Å². The Morgan fingerprint density at radius 2 is 2.03 bits per heavy atom. The highest BCUT2D eigenvalue weighted by Gasteiger charge is 2.55. The second-order valence-corrected chi connectivity index (χ2v) is 11.7. The number of rotatable bonds is 5. The molecule has 4 bridgehead atoms. The zero-order valence-corrected chi connectivity index (χ0v) is 19.4. The smallest absolute Gasteiger partial charge is 0.407 e. The Bertz CT molecular complexity index is 878. The summed E-state index contributed by atoms with van der Waals surface area (Å²) in [5, 5.41) is 16.2. The molecule has 4 aliphatic rings. The molecule has 8 nitrogen and oxygen atoms in total. The Morgan fingerprint density at radius 1 is 1.35 bits per heavy atom. The first-order valence-electron chi connectivity index (χ1n) is 10.9. The molecule has 1 aromatic heterocycles. The topological polar surface area (TPSA) is 123 Å². The van der Waals surface area contributed by atoms with Gasteiger partial charge in [0, 0.05) is 23.8 Å². The monoisotopic (exact) mass is 445 g/mol. The summed E-state index contributed by atoms with van der Waals surface area (Å²) in [7, 11) is 0. The summed E-state index contributed by atoms with van der Waals surface area (Å²) in [6.45, 7) is 6.36. The van der Waals surface area contributed by atoms with Crippen LogP contribution in [0.3, 0.4) is 0 Å².